The monoisotopic (exact) mass is 290 g/mol. The SMILES string of the molecule is CN1CCN(Cc2ccc(-c3ccccc3Cl)o2)CC1. The molecule has 3 rings (SSSR count). The van der Waals surface area contributed by atoms with Crippen LogP contribution in [0.1, 0.15) is 5.76 Å². The molecule has 106 valence electrons. The molecule has 4 heteroatoms. The summed E-state index contributed by atoms with van der Waals surface area (Å²) in [7, 11) is 2.17. The lowest BCUT2D eigenvalue weighted by Gasteiger charge is -2.31. The van der Waals surface area contributed by atoms with Gasteiger partial charge in [-0.2, -0.15) is 0 Å². The molecule has 2 heterocycles. The summed E-state index contributed by atoms with van der Waals surface area (Å²) in [4.78, 5) is 4.78. The summed E-state index contributed by atoms with van der Waals surface area (Å²) in [6.07, 6.45) is 0. The lowest BCUT2D eigenvalue weighted by molar-refractivity contribution is 0.140. The maximum Gasteiger partial charge on any atom is 0.135 e. The van der Waals surface area contributed by atoms with Crippen LogP contribution in [-0.2, 0) is 6.54 Å². The van der Waals surface area contributed by atoms with Crippen molar-refractivity contribution >= 4 is 11.6 Å². The van der Waals surface area contributed by atoms with Gasteiger partial charge in [-0.05, 0) is 31.3 Å². The van der Waals surface area contributed by atoms with Crippen LogP contribution in [-0.4, -0.2) is 43.0 Å². The highest BCUT2D eigenvalue weighted by Gasteiger charge is 2.16. The van der Waals surface area contributed by atoms with Crippen LogP contribution in [0.15, 0.2) is 40.8 Å². The predicted molar refractivity (Wildman–Crippen MR) is 81.9 cm³/mol. The minimum Gasteiger partial charge on any atom is -0.460 e. The molecule has 20 heavy (non-hydrogen) atoms. The summed E-state index contributed by atoms with van der Waals surface area (Å²) in [5, 5.41) is 0.730. The van der Waals surface area contributed by atoms with Gasteiger partial charge in [0.05, 0.1) is 11.6 Å². The molecular weight excluding hydrogens is 272 g/mol. The average molecular weight is 291 g/mol. The van der Waals surface area contributed by atoms with Crippen LogP contribution in [0.4, 0.5) is 0 Å². The molecule has 1 aromatic carbocycles. The smallest absolute Gasteiger partial charge is 0.135 e. The van der Waals surface area contributed by atoms with E-state index in [0.29, 0.717) is 0 Å². The minimum absolute atomic E-state index is 0.730. The summed E-state index contributed by atoms with van der Waals surface area (Å²) >= 11 is 6.20. The van der Waals surface area contributed by atoms with Crippen molar-refractivity contribution in [2.75, 3.05) is 33.2 Å². The number of likely N-dealkylation sites (N-methyl/N-ethyl adjacent to an activating group) is 1. The molecule has 1 aromatic heterocycles. The van der Waals surface area contributed by atoms with Gasteiger partial charge in [-0.25, -0.2) is 0 Å². The van der Waals surface area contributed by atoms with E-state index in [1.54, 1.807) is 0 Å². The van der Waals surface area contributed by atoms with Gasteiger partial charge in [0.25, 0.3) is 0 Å². The second kappa shape index (κ2) is 6.00. The van der Waals surface area contributed by atoms with E-state index in [1.807, 2.05) is 30.3 Å². The Bertz CT molecular complexity index is 573. The Morgan fingerprint density at radius 3 is 2.55 bits per heavy atom. The number of halogens is 1. The number of piperazine rings is 1. The van der Waals surface area contributed by atoms with E-state index in [4.69, 9.17) is 16.0 Å². The third-order valence-corrected chi connectivity index (χ3v) is 4.11. The Hall–Kier alpha value is -1.29. The first-order valence-electron chi connectivity index (χ1n) is 6.97. The molecular formula is C16H19ClN2O. The van der Waals surface area contributed by atoms with E-state index in [0.717, 1.165) is 54.8 Å². The first-order valence-corrected chi connectivity index (χ1v) is 7.35. The maximum atomic E-state index is 6.20. The molecule has 0 unspecified atom stereocenters. The number of hydrogen-bond donors (Lipinski definition) is 0. The number of nitrogens with zero attached hydrogens (tertiary/aromatic N) is 2. The normalized spacial score (nSPS) is 17.5. The fourth-order valence-corrected chi connectivity index (χ4v) is 2.72. The van der Waals surface area contributed by atoms with E-state index in [2.05, 4.69) is 22.9 Å². The zero-order valence-corrected chi connectivity index (χ0v) is 12.4. The summed E-state index contributed by atoms with van der Waals surface area (Å²) in [5.74, 6) is 1.85. The molecule has 1 saturated heterocycles. The van der Waals surface area contributed by atoms with Gasteiger partial charge in [0.15, 0.2) is 0 Å². The van der Waals surface area contributed by atoms with Gasteiger partial charge in [-0.3, -0.25) is 4.90 Å². The first kappa shape index (κ1) is 13.7. The molecule has 0 bridgehead atoms. The molecule has 0 aliphatic carbocycles. The number of hydrogen-bond acceptors (Lipinski definition) is 3. The molecule has 3 nitrogen and oxygen atoms in total. The molecule has 0 spiro atoms. The van der Waals surface area contributed by atoms with Crippen LogP contribution < -0.4 is 0 Å². The number of rotatable bonds is 3. The zero-order valence-electron chi connectivity index (χ0n) is 11.7. The van der Waals surface area contributed by atoms with Crippen molar-refractivity contribution in [1.82, 2.24) is 9.80 Å². The molecule has 0 atom stereocenters. The molecule has 1 aliphatic rings. The third-order valence-electron chi connectivity index (χ3n) is 3.78. The van der Waals surface area contributed by atoms with Crippen LogP contribution in [0.2, 0.25) is 5.02 Å². The Labute approximate surface area is 124 Å². The lowest BCUT2D eigenvalue weighted by atomic mass is 10.2. The average Bonchev–Trinajstić information content (AvgIpc) is 2.90. The molecule has 0 saturated carbocycles. The standard InChI is InChI=1S/C16H19ClN2O/c1-18-8-10-19(11-9-18)12-13-6-7-16(20-13)14-4-2-3-5-15(14)17/h2-7H,8-12H2,1H3. The number of benzene rings is 1. The van der Waals surface area contributed by atoms with E-state index in [9.17, 15) is 0 Å². The summed E-state index contributed by atoms with van der Waals surface area (Å²) in [6, 6.07) is 11.8. The van der Waals surface area contributed by atoms with Gasteiger partial charge < -0.3 is 9.32 Å². The van der Waals surface area contributed by atoms with Gasteiger partial charge in [0.2, 0.25) is 0 Å². The van der Waals surface area contributed by atoms with Crippen LogP contribution >= 0.6 is 11.6 Å². The van der Waals surface area contributed by atoms with Crippen molar-refractivity contribution in [3.8, 4) is 11.3 Å². The van der Waals surface area contributed by atoms with Crippen LogP contribution in [0.5, 0.6) is 0 Å². The summed E-state index contributed by atoms with van der Waals surface area (Å²) < 4.78 is 5.94. The molecule has 0 N–H and O–H groups in total. The van der Waals surface area contributed by atoms with Crippen molar-refractivity contribution in [2.45, 2.75) is 6.54 Å². The quantitative estimate of drug-likeness (QED) is 0.864. The fourth-order valence-electron chi connectivity index (χ4n) is 2.50. The van der Waals surface area contributed by atoms with Crippen LogP contribution in [0.3, 0.4) is 0 Å². The summed E-state index contributed by atoms with van der Waals surface area (Å²) in [6.45, 7) is 5.31. The highest BCUT2D eigenvalue weighted by atomic mass is 35.5. The number of furan rings is 1. The van der Waals surface area contributed by atoms with Crippen LogP contribution in [0, 0.1) is 0 Å². The Balaban J connectivity index is 1.70. The molecule has 1 fully saturated rings. The molecule has 2 aromatic rings. The molecule has 0 amide bonds. The Morgan fingerprint density at radius 2 is 1.80 bits per heavy atom. The van der Waals surface area contributed by atoms with Crippen molar-refractivity contribution in [1.29, 1.82) is 0 Å². The van der Waals surface area contributed by atoms with Crippen molar-refractivity contribution in [3.05, 3.63) is 47.2 Å². The van der Waals surface area contributed by atoms with Gasteiger partial charge in [-0.15, -0.1) is 0 Å². The second-order valence-corrected chi connectivity index (χ2v) is 5.73. The van der Waals surface area contributed by atoms with Gasteiger partial charge in [0.1, 0.15) is 11.5 Å². The topological polar surface area (TPSA) is 19.6 Å². The highest BCUT2D eigenvalue weighted by molar-refractivity contribution is 6.33. The first-order chi connectivity index (χ1) is 9.72. The summed E-state index contributed by atoms with van der Waals surface area (Å²) in [5.41, 5.74) is 0.957. The maximum absolute atomic E-state index is 6.20. The second-order valence-electron chi connectivity index (χ2n) is 5.33. The zero-order chi connectivity index (χ0) is 13.9. The van der Waals surface area contributed by atoms with Crippen molar-refractivity contribution < 1.29 is 4.42 Å². The lowest BCUT2D eigenvalue weighted by Crippen LogP contribution is -2.43. The van der Waals surface area contributed by atoms with Crippen molar-refractivity contribution in [2.24, 2.45) is 0 Å². The molecule has 1 aliphatic heterocycles. The van der Waals surface area contributed by atoms with Gasteiger partial charge in [0, 0.05) is 31.7 Å². The van der Waals surface area contributed by atoms with Gasteiger partial charge >= 0.3 is 0 Å². The fraction of sp³-hybridized carbons (Fsp3) is 0.375. The van der Waals surface area contributed by atoms with Gasteiger partial charge in [-0.1, -0.05) is 23.7 Å². The largest absolute Gasteiger partial charge is 0.460 e. The minimum atomic E-state index is 0.730. The van der Waals surface area contributed by atoms with E-state index < -0.39 is 0 Å². The van der Waals surface area contributed by atoms with E-state index in [1.165, 1.54) is 0 Å². The predicted octanol–water partition coefficient (Wildman–Crippen LogP) is 3.35. The molecule has 0 radical (unpaired) electrons. The van der Waals surface area contributed by atoms with Crippen molar-refractivity contribution in [3.63, 3.8) is 0 Å². The van der Waals surface area contributed by atoms with E-state index in [-0.39, 0.29) is 0 Å². The third kappa shape index (κ3) is 3.06. The van der Waals surface area contributed by atoms with Crippen LogP contribution in [0.25, 0.3) is 11.3 Å². The van der Waals surface area contributed by atoms with E-state index >= 15 is 0 Å². The Kier molecular flexibility index (Phi) is 4.10. The Morgan fingerprint density at radius 1 is 1.05 bits per heavy atom. The highest BCUT2D eigenvalue weighted by Crippen LogP contribution is 2.29.